The lowest BCUT2D eigenvalue weighted by atomic mass is 9.64. The minimum atomic E-state index is -0.267. The molecule has 0 aliphatic heterocycles. The number of rotatable bonds is 1. The Morgan fingerprint density at radius 3 is 2.38 bits per heavy atom. The van der Waals surface area contributed by atoms with Crippen LogP contribution in [0.3, 0.4) is 0 Å². The molecule has 0 saturated heterocycles. The van der Waals surface area contributed by atoms with Crippen LogP contribution in [0.5, 0.6) is 0 Å². The van der Waals surface area contributed by atoms with Crippen molar-refractivity contribution in [1.29, 1.82) is 0 Å². The average Bonchev–Trinajstić information content (AvgIpc) is 2.51. The maximum absolute atomic E-state index is 10.4. The zero-order valence-corrected chi connectivity index (χ0v) is 7.48. The Morgan fingerprint density at radius 2 is 1.85 bits per heavy atom. The highest BCUT2D eigenvalue weighted by molar-refractivity contribution is 5.27. The van der Waals surface area contributed by atoms with E-state index in [0.29, 0.717) is 11.8 Å². The van der Waals surface area contributed by atoms with Crippen LogP contribution in [0.1, 0.15) is 25.7 Å². The van der Waals surface area contributed by atoms with E-state index in [4.69, 9.17) is 0 Å². The van der Waals surface area contributed by atoms with E-state index in [-0.39, 0.29) is 4.92 Å². The first kappa shape index (κ1) is 7.54. The molecule has 3 heteroatoms. The summed E-state index contributed by atoms with van der Waals surface area (Å²) in [6.07, 6.45) is 6.36. The molecule has 0 spiro atoms. The molecule has 0 bridgehead atoms. The molecule has 3 rings (SSSR count). The lowest BCUT2D eigenvalue weighted by molar-refractivity contribution is -0.405. The van der Waals surface area contributed by atoms with Crippen molar-refractivity contribution in [2.45, 2.75) is 25.7 Å². The van der Waals surface area contributed by atoms with Crippen molar-refractivity contribution in [3.8, 4) is 0 Å². The van der Waals surface area contributed by atoms with Crippen LogP contribution in [0.15, 0.2) is 11.8 Å². The van der Waals surface area contributed by atoms with Gasteiger partial charge in [-0.15, -0.1) is 0 Å². The zero-order chi connectivity index (χ0) is 9.00. The number of nitrogens with zero attached hydrogens (tertiary/aromatic N) is 1. The Bertz CT molecular complexity index is 279. The van der Waals surface area contributed by atoms with Gasteiger partial charge in [-0.2, -0.15) is 0 Å². The van der Waals surface area contributed by atoms with Gasteiger partial charge in [0.1, 0.15) is 0 Å². The predicted octanol–water partition coefficient (Wildman–Crippen LogP) is 2.21. The smallest absolute Gasteiger partial charge is 0.234 e. The molecule has 4 atom stereocenters. The van der Waals surface area contributed by atoms with Gasteiger partial charge in [0.2, 0.25) is 6.20 Å². The maximum atomic E-state index is 10.4. The van der Waals surface area contributed by atoms with E-state index in [2.05, 4.69) is 0 Å². The van der Waals surface area contributed by atoms with E-state index in [1.165, 1.54) is 31.9 Å². The van der Waals surface area contributed by atoms with Gasteiger partial charge in [-0.25, -0.2) is 0 Å². The largest absolute Gasteiger partial charge is 0.259 e. The molecule has 0 heterocycles. The van der Waals surface area contributed by atoms with Gasteiger partial charge in [0.15, 0.2) is 0 Å². The molecule has 0 N–H and O–H groups in total. The zero-order valence-electron chi connectivity index (χ0n) is 7.48. The Labute approximate surface area is 77.0 Å². The first-order valence-electron chi connectivity index (χ1n) is 5.12. The van der Waals surface area contributed by atoms with Crippen LogP contribution >= 0.6 is 0 Å². The van der Waals surface area contributed by atoms with Gasteiger partial charge >= 0.3 is 0 Å². The molecule has 3 saturated carbocycles. The number of hydrogen-bond acceptors (Lipinski definition) is 2. The fourth-order valence-electron chi connectivity index (χ4n) is 3.89. The monoisotopic (exact) mass is 179 g/mol. The number of nitro groups is 1. The Balaban J connectivity index is 1.90. The molecular formula is C10H13NO2. The van der Waals surface area contributed by atoms with Crippen LogP contribution in [0.25, 0.3) is 0 Å². The van der Waals surface area contributed by atoms with E-state index in [1.54, 1.807) is 0 Å². The highest BCUT2D eigenvalue weighted by atomic mass is 16.6. The lowest BCUT2D eigenvalue weighted by Gasteiger charge is -2.39. The topological polar surface area (TPSA) is 43.1 Å². The average molecular weight is 179 g/mol. The molecule has 3 fully saturated rings. The minimum absolute atomic E-state index is 0.267. The molecule has 3 nitrogen and oxygen atoms in total. The van der Waals surface area contributed by atoms with Crippen molar-refractivity contribution < 1.29 is 4.92 Å². The van der Waals surface area contributed by atoms with Gasteiger partial charge < -0.3 is 0 Å². The summed E-state index contributed by atoms with van der Waals surface area (Å²) in [6, 6.07) is 0. The molecule has 0 aromatic heterocycles. The molecule has 3 aliphatic rings. The molecule has 0 radical (unpaired) electrons. The summed E-state index contributed by atoms with van der Waals surface area (Å²) in [4.78, 5) is 10.1. The standard InChI is InChI=1S/C10H13NO2/c12-11(13)5-9-7-3-1-6-2-4-8(9)10(6)7/h5-8,10H,1-4H2/t6-,7+,8-,10+. The molecule has 13 heavy (non-hydrogen) atoms. The molecule has 3 aliphatic carbocycles. The second-order valence-electron chi connectivity index (χ2n) is 4.62. The third kappa shape index (κ3) is 0.847. The maximum Gasteiger partial charge on any atom is 0.234 e. The first-order chi connectivity index (χ1) is 6.27. The van der Waals surface area contributed by atoms with Gasteiger partial charge in [-0.1, -0.05) is 0 Å². The quantitative estimate of drug-likeness (QED) is 0.457. The van der Waals surface area contributed by atoms with Crippen LogP contribution in [0.2, 0.25) is 0 Å². The summed E-state index contributed by atoms with van der Waals surface area (Å²) in [7, 11) is 0. The van der Waals surface area contributed by atoms with Crippen molar-refractivity contribution in [3.63, 3.8) is 0 Å². The summed E-state index contributed by atoms with van der Waals surface area (Å²) >= 11 is 0. The lowest BCUT2D eigenvalue weighted by Crippen LogP contribution is -2.34. The van der Waals surface area contributed by atoms with Gasteiger partial charge in [0.05, 0.1) is 4.92 Å². The second kappa shape index (κ2) is 2.34. The van der Waals surface area contributed by atoms with Crippen LogP contribution in [-0.4, -0.2) is 4.92 Å². The summed E-state index contributed by atoms with van der Waals surface area (Å²) in [6.45, 7) is 0. The van der Waals surface area contributed by atoms with Crippen molar-refractivity contribution in [1.82, 2.24) is 0 Å². The molecule has 0 unspecified atom stereocenters. The third-order valence-corrected chi connectivity index (χ3v) is 4.28. The summed E-state index contributed by atoms with van der Waals surface area (Å²) in [5.74, 6) is 2.95. The molecule has 70 valence electrons. The molecule has 0 amide bonds. The van der Waals surface area contributed by atoms with E-state index in [0.717, 1.165) is 17.4 Å². The fraction of sp³-hybridized carbons (Fsp3) is 0.800. The molecular weight excluding hydrogens is 166 g/mol. The highest BCUT2D eigenvalue weighted by Gasteiger charge is 2.57. The second-order valence-corrected chi connectivity index (χ2v) is 4.62. The summed E-state index contributed by atoms with van der Waals surface area (Å²) in [5.41, 5.74) is 1.16. The van der Waals surface area contributed by atoms with E-state index in [1.807, 2.05) is 0 Å². The summed E-state index contributed by atoms with van der Waals surface area (Å²) in [5, 5.41) is 10.4. The SMILES string of the molecule is O=[N+]([O-])C=C1[C@H]2CC[C@H]3CC[C@@H]1[C@H]32. The minimum Gasteiger partial charge on any atom is -0.259 e. The molecule has 0 aromatic carbocycles. The van der Waals surface area contributed by atoms with Crippen molar-refractivity contribution >= 4 is 0 Å². The van der Waals surface area contributed by atoms with Gasteiger partial charge in [0.25, 0.3) is 0 Å². The van der Waals surface area contributed by atoms with E-state index in [9.17, 15) is 10.1 Å². The van der Waals surface area contributed by atoms with Crippen LogP contribution in [-0.2, 0) is 0 Å². The normalized spacial score (nSPS) is 49.1. The van der Waals surface area contributed by atoms with Gasteiger partial charge in [-0.05, 0) is 49.4 Å². The van der Waals surface area contributed by atoms with Crippen LogP contribution < -0.4 is 0 Å². The third-order valence-electron chi connectivity index (χ3n) is 4.28. The van der Waals surface area contributed by atoms with Gasteiger partial charge in [-0.3, -0.25) is 10.1 Å². The van der Waals surface area contributed by atoms with Crippen LogP contribution in [0, 0.1) is 33.8 Å². The summed E-state index contributed by atoms with van der Waals surface area (Å²) < 4.78 is 0. The van der Waals surface area contributed by atoms with E-state index < -0.39 is 0 Å². The predicted molar refractivity (Wildman–Crippen MR) is 47.5 cm³/mol. The number of hydrogen-bond donors (Lipinski definition) is 0. The Morgan fingerprint density at radius 1 is 1.23 bits per heavy atom. The first-order valence-corrected chi connectivity index (χ1v) is 5.12. The number of allylic oxidation sites excluding steroid dienone is 1. The van der Waals surface area contributed by atoms with Gasteiger partial charge in [0, 0.05) is 5.57 Å². The van der Waals surface area contributed by atoms with Crippen LogP contribution in [0.4, 0.5) is 0 Å². The van der Waals surface area contributed by atoms with Crippen molar-refractivity contribution in [3.05, 3.63) is 21.9 Å². The Hall–Kier alpha value is -0.860. The highest BCUT2D eigenvalue weighted by Crippen LogP contribution is 2.64. The van der Waals surface area contributed by atoms with E-state index >= 15 is 0 Å². The Kier molecular flexibility index (Phi) is 1.35. The van der Waals surface area contributed by atoms with Crippen molar-refractivity contribution in [2.75, 3.05) is 0 Å². The fourth-order valence-corrected chi connectivity index (χ4v) is 3.89. The van der Waals surface area contributed by atoms with Crippen molar-refractivity contribution in [2.24, 2.45) is 23.7 Å². The molecule has 0 aromatic rings.